The minimum absolute atomic E-state index is 0.0437. The third kappa shape index (κ3) is 2.09. The van der Waals surface area contributed by atoms with Crippen LogP contribution < -0.4 is 0 Å². The summed E-state index contributed by atoms with van der Waals surface area (Å²) < 4.78 is 37.3. The number of pyridine rings is 1. The molecule has 15 heavy (non-hydrogen) atoms. The minimum Gasteiger partial charge on any atom is -0.358 e. The molecule has 0 atom stereocenters. The Hall–Kier alpha value is -1.99. The number of aromatic nitrogens is 1. The van der Waals surface area contributed by atoms with Crippen molar-refractivity contribution in [3.05, 3.63) is 33.3 Å². The Balaban J connectivity index is 3.45. The van der Waals surface area contributed by atoms with Gasteiger partial charge in [-0.1, -0.05) is 0 Å². The van der Waals surface area contributed by atoms with E-state index in [1.807, 2.05) is 0 Å². The van der Waals surface area contributed by atoms with E-state index in [4.69, 9.17) is 0 Å². The average molecular weight is 220 g/mol. The number of nitro groups is 1. The van der Waals surface area contributed by atoms with E-state index < -0.39 is 34.2 Å². The van der Waals surface area contributed by atoms with E-state index in [1.165, 1.54) is 0 Å². The number of nitrogens with zero attached hydrogens (tertiary/aromatic N) is 2. The number of carbonyl (C=O) groups is 1. The largest absolute Gasteiger partial charge is 0.375 e. The van der Waals surface area contributed by atoms with Crippen molar-refractivity contribution in [2.24, 2.45) is 0 Å². The van der Waals surface area contributed by atoms with Crippen LogP contribution in [0.2, 0.25) is 0 Å². The summed E-state index contributed by atoms with van der Waals surface area (Å²) >= 11 is 0. The van der Waals surface area contributed by atoms with Crippen molar-refractivity contribution >= 4 is 12.1 Å². The van der Waals surface area contributed by atoms with Gasteiger partial charge in [-0.05, 0) is 16.0 Å². The van der Waals surface area contributed by atoms with Crippen LogP contribution in [0.5, 0.6) is 0 Å². The van der Waals surface area contributed by atoms with Gasteiger partial charge in [0.1, 0.15) is 5.56 Å². The Morgan fingerprint density at radius 1 is 1.53 bits per heavy atom. The van der Waals surface area contributed by atoms with Gasteiger partial charge in [0, 0.05) is 0 Å². The summed E-state index contributed by atoms with van der Waals surface area (Å²) in [6.45, 7) is 0. The maximum atomic E-state index is 12.8. The van der Waals surface area contributed by atoms with Crippen LogP contribution in [0.25, 0.3) is 0 Å². The van der Waals surface area contributed by atoms with Crippen LogP contribution in [0.3, 0.4) is 0 Å². The van der Waals surface area contributed by atoms with Crippen LogP contribution in [-0.4, -0.2) is 16.2 Å². The highest BCUT2D eigenvalue weighted by molar-refractivity contribution is 5.75. The lowest BCUT2D eigenvalue weighted by molar-refractivity contribution is -0.391. The molecule has 1 aromatic heterocycles. The van der Waals surface area contributed by atoms with Crippen LogP contribution in [-0.2, 0) is 0 Å². The molecule has 80 valence electrons. The molecule has 0 amide bonds. The highest BCUT2D eigenvalue weighted by atomic mass is 19.3. The molecule has 0 fully saturated rings. The molecule has 0 bridgehead atoms. The number of aldehydes is 1. The maximum absolute atomic E-state index is 12.8. The number of carbonyl (C=O) groups excluding carboxylic acids is 1. The van der Waals surface area contributed by atoms with E-state index in [2.05, 4.69) is 4.98 Å². The predicted octanol–water partition coefficient (Wildman–Crippen LogP) is 1.88. The number of hydrogen-bond donors (Lipinski definition) is 0. The third-order valence-corrected chi connectivity index (χ3v) is 1.55. The summed E-state index contributed by atoms with van der Waals surface area (Å²) in [4.78, 5) is 21.9. The van der Waals surface area contributed by atoms with E-state index in [1.54, 1.807) is 0 Å². The molecule has 1 heterocycles. The molecule has 0 unspecified atom stereocenters. The fourth-order valence-corrected chi connectivity index (χ4v) is 0.903. The zero-order valence-corrected chi connectivity index (χ0v) is 6.99. The lowest BCUT2D eigenvalue weighted by Crippen LogP contribution is -2.04. The topological polar surface area (TPSA) is 73.1 Å². The van der Waals surface area contributed by atoms with Gasteiger partial charge >= 0.3 is 11.8 Å². The highest BCUT2D eigenvalue weighted by Gasteiger charge is 2.27. The Labute approximate surface area is 80.7 Å². The summed E-state index contributed by atoms with van der Waals surface area (Å²) in [5.41, 5.74) is -1.82. The van der Waals surface area contributed by atoms with Crippen LogP contribution in [0.4, 0.5) is 19.0 Å². The molecular formula is C7H3F3N2O3. The van der Waals surface area contributed by atoms with Crippen LogP contribution in [0.1, 0.15) is 22.3 Å². The number of alkyl halides is 2. The Morgan fingerprint density at radius 2 is 2.13 bits per heavy atom. The van der Waals surface area contributed by atoms with E-state index in [0.717, 1.165) is 0 Å². The standard InChI is InChI=1S/C7H3F3N2O3/c8-5(9)4-1-3(2-13)6(10)11-7(4)12(14)15/h1-2,5H. The maximum Gasteiger partial charge on any atom is 0.375 e. The molecule has 0 saturated heterocycles. The molecule has 0 radical (unpaired) electrons. The quantitative estimate of drug-likeness (QED) is 0.337. The van der Waals surface area contributed by atoms with Crippen LogP contribution in [0, 0.1) is 16.1 Å². The van der Waals surface area contributed by atoms with Crippen molar-refractivity contribution in [2.45, 2.75) is 6.43 Å². The molecule has 0 spiro atoms. The summed E-state index contributed by atoms with van der Waals surface area (Å²) in [6.07, 6.45) is -3.24. The average Bonchev–Trinajstić information content (AvgIpc) is 2.16. The van der Waals surface area contributed by atoms with Crippen molar-refractivity contribution in [3.8, 4) is 0 Å². The first-order valence-electron chi connectivity index (χ1n) is 3.55. The minimum atomic E-state index is -3.20. The summed E-state index contributed by atoms with van der Waals surface area (Å²) in [6, 6.07) is 0.415. The Kier molecular flexibility index (Phi) is 2.98. The third-order valence-electron chi connectivity index (χ3n) is 1.55. The van der Waals surface area contributed by atoms with Gasteiger partial charge in [-0.15, -0.1) is 0 Å². The van der Waals surface area contributed by atoms with Crippen molar-refractivity contribution in [1.82, 2.24) is 4.98 Å². The second kappa shape index (κ2) is 4.03. The first kappa shape index (κ1) is 11.1. The fraction of sp³-hybridized carbons (Fsp3) is 0.143. The molecule has 0 aromatic carbocycles. The molecule has 0 aliphatic carbocycles. The monoisotopic (exact) mass is 220 g/mol. The van der Waals surface area contributed by atoms with Gasteiger partial charge in [0.05, 0.1) is 5.56 Å². The first-order chi connectivity index (χ1) is 6.97. The van der Waals surface area contributed by atoms with Crippen molar-refractivity contribution in [2.75, 3.05) is 0 Å². The van der Waals surface area contributed by atoms with Crippen molar-refractivity contribution in [3.63, 3.8) is 0 Å². The van der Waals surface area contributed by atoms with Gasteiger partial charge in [-0.2, -0.15) is 4.39 Å². The molecule has 0 saturated carbocycles. The summed E-state index contributed by atoms with van der Waals surface area (Å²) in [5, 5.41) is 10.2. The van der Waals surface area contributed by atoms with Gasteiger partial charge in [0.15, 0.2) is 6.29 Å². The van der Waals surface area contributed by atoms with Gasteiger partial charge < -0.3 is 10.1 Å². The van der Waals surface area contributed by atoms with Gasteiger partial charge in [-0.25, -0.2) is 8.78 Å². The second-order valence-corrected chi connectivity index (χ2v) is 2.46. The Bertz CT molecular complexity index is 422. The molecule has 0 aliphatic rings. The van der Waals surface area contributed by atoms with Gasteiger partial charge in [0.25, 0.3) is 6.43 Å². The second-order valence-electron chi connectivity index (χ2n) is 2.46. The molecule has 5 nitrogen and oxygen atoms in total. The van der Waals surface area contributed by atoms with Gasteiger partial charge in [-0.3, -0.25) is 4.79 Å². The van der Waals surface area contributed by atoms with Gasteiger partial charge in [0.2, 0.25) is 0 Å². The van der Waals surface area contributed by atoms with Crippen LogP contribution >= 0.6 is 0 Å². The van der Waals surface area contributed by atoms with Crippen LogP contribution in [0.15, 0.2) is 6.07 Å². The fourth-order valence-electron chi connectivity index (χ4n) is 0.903. The summed E-state index contributed by atoms with van der Waals surface area (Å²) in [5.74, 6) is -2.73. The SMILES string of the molecule is O=Cc1cc(C(F)F)c([N+](=O)[O-])nc1F. The van der Waals surface area contributed by atoms with E-state index in [9.17, 15) is 28.1 Å². The van der Waals surface area contributed by atoms with E-state index >= 15 is 0 Å². The lowest BCUT2D eigenvalue weighted by Gasteiger charge is -2.01. The van der Waals surface area contributed by atoms with Crippen molar-refractivity contribution < 1.29 is 22.9 Å². The molecular weight excluding hydrogens is 217 g/mol. The first-order valence-corrected chi connectivity index (χ1v) is 3.55. The number of halogens is 3. The zero-order chi connectivity index (χ0) is 11.6. The van der Waals surface area contributed by atoms with E-state index in [-0.39, 0.29) is 6.29 Å². The molecule has 0 N–H and O–H groups in total. The molecule has 1 rings (SSSR count). The smallest absolute Gasteiger partial charge is 0.358 e. The molecule has 1 aromatic rings. The van der Waals surface area contributed by atoms with Crippen molar-refractivity contribution in [1.29, 1.82) is 0 Å². The Morgan fingerprint density at radius 3 is 2.53 bits per heavy atom. The number of hydrogen-bond acceptors (Lipinski definition) is 4. The van der Waals surface area contributed by atoms with E-state index in [0.29, 0.717) is 6.07 Å². The molecule has 0 aliphatic heterocycles. The number of rotatable bonds is 3. The highest BCUT2D eigenvalue weighted by Crippen LogP contribution is 2.28. The molecule has 8 heteroatoms. The zero-order valence-electron chi connectivity index (χ0n) is 6.99. The predicted molar refractivity (Wildman–Crippen MR) is 41.2 cm³/mol. The summed E-state index contributed by atoms with van der Waals surface area (Å²) in [7, 11) is 0. The lowest BCUT2D eigenvalue weighted by atomic mass is 10.2. The normalized spacial score (nSPS) is 10.4.